The molecule has 1 saturated heterocycles. The molecule has 0 bridgehead atoms. The van der Waals surface area contributed by atoms with E-state index in [1.807, 2.05) is 85.8 Å². The Hall–Kier alpha value is -3.60. The van der Waals surface area contributed by atoms with Crippen molar-refractivity contribution in [2.24, 2.45) is 0 Å². The van der Waals surface area contributed by atoms with Crippen LogP contribution in [0.2, 0.25) is 0 Å². The summed E-state index contributed by atoms with van der Waals surface area (Å²) >= 11 is 0. The van der Waals surface area contributed by atoms with Gasteiger partial charge >= 0.3 is 6.03 Å². The summed E-state index contributed by atoms with van der Waals surface area (Å²) < 4.78 is 0. The van der Waals surface area contributed by atoms with Crippen LogP contribution in [0.3, 0.4) is 0 Å². The minimum absolute atomic E-state index is 0.0243. The maximum absolute atomic E-state index is 12.9. The highest BCUT2D eigenvalue weighted by Gasteiger charge is 2.32. The molecule has 5 nitrogen and oxygen atoms in total. The molecule has 31 heavy (non-hydrogen) atoms. The second-order valence-electron chi connectivity index (χ2n) is 8.05. The van der Waals surface area contributed by atoms with Gasteiger partial charge in [-0.15, -0.1) is 0 Å². The molecule has 1 unspecified atom stereocenters. The van der Waals surface area contributed by atoms with E-state index in [0.717, 1.165) is 22.4 Å². The van der Waals surface area contributed by atoms with Crippen molar-refractivity contribution >= 4 is 17.6 Å². The Morgan fingerprint density at radius 1 is 0.903 bits per heavy atom. The van der Waals surface area contributed by atoms with Gasteiger partial charge in [-0.3, -0.25) is 4.79 Å². The van der Waals surface area contributed by atoms with Gasteiger partial charge in [0.15, 0.2) is 0 Å². The van der Waals surface area contributed by atoms with Gasteiger partial charge in [0.25, 0.3) is 0 Å². The molecule has 158 valence electrons. The Morgan fingerprint density at radius 3 is 2.10 bits per heavy atom. The number of benzene rings is 3. The zero-order valence-electron chi connectivity index (χ0n) is 17.8. The van der Waals surface area contributed by atoms with Crippen LogP contribution in [0, 0.1) is 13.8 Å². The lowest BCUT2D eigenvalue weighted by atomic mass is 9.99. The van der Waals surface area contributed by atoms with Crippen LogP contribution in [0.5, 0.6) is 0 Å². The first-order valence-electron chi connectivity index (χ1n) is 10.6. The standard InChI is InChI=1S/C26H27N3O2/c1-18-13-14-23(15-19(18)2)29-17-22(16-24(29)30)27-26(31)28-25(20-9-5-3-6-10-20)21-11-7-4-8-12-21/h3-15,22,25H,16-17H2,1-2H3,(H2,27,28,31). The molecular weight excluding hydrogens is 386 g/mol. The van der Waals surface area contributed by atoms with Crippen molar-refractivity contribution < 1.29 is 9.59 Å². The van der Waals surface area contributed by atoms with E-state index in [2.05, 4.69) is 17.6 Å². The van der Waals surface area contributed by atoms with Gasteiger partial charge in [-0.2, -0.15) is 0 Å². The second-order valence-corrected chi connectivity index (χ2v) is 8.05. The van der Waals surface area contributed by atoms with Crippen LogP contribution in [0.25, 0.3) is 0 Å². The van der Waals surface area contributed by atoms with Crippen molar-refractivity contribution in [1.82, 2.24) is 10.6 Å². The Balaban J connectivity index is 1.45. The third-order valence-electron chi connectivity index (χ3n) is 5.80. The lowest BCUT2D eigenvalue weighted by Crippen LogP contribution is -2.44. The number of amides is 3. The van der Waals surface area contributed by atoms with Crippen molar-refractivity contribution in [3.05, 3.63) is 101 Å². The van der Waals surface area contributed by atoms with E-state index in [9.17, 15) is 9.59 Å². The fourth-order valence-electron chi connectivity index (χ4n) is 3.96. The molecular formula is C26H27N3O2. The summed E-state index contributed by atoms with van der Waals surface area (Å²) in [6, 6.07) is 25.0. The fourth-order valence-corrected chi connectivity index (χ4v) is 3.96. The van der Waals surface area contributed by atoms with Crippen molar-refractivity contribution in [3.63, 3.8) is 0 Å². The number of carbonyl (C=O) groups excluding carboxylic acids is 2. The van der Waals surface area contributed by atoms with Gasteiger partial charge in [0.05, 0.1) is 12.1 Å². The lowest BCUT2D eigenvalue weighted by Gasteiger charge is -2.22. The smallest absolute Gasteiger partial charge is 0.315 e. The van der Waals surface area contributed by atoms with E-state index in [4.69, 9.17) is 0 Å². The monoisotopic (exact) mass is 413 g/mol. The maximum atomic E-state index is 12.9. The van der Waals surface area contributed by atoms with Crippen molar-refractivity contribution in [2.75, 3.05) is 11.4 Å². The third kappa shape index (κ3) is 4.77. The number of hydrogen-bond donors (Lipinski definition) is 2. The average Bonchev–Trinajstić information content (AvgIpc) is 3.15. The normalized spacial score (nSPS) is 15.9. The van der Waals surface area contributed by atoms with E-state index in [0.29, 0.717) is 13.0 Å². The van der Waals surface area contributed by atoms with Crippen LogP contribution in [-0.4, -0.2) is 24.5 Å². The number of nitrogens with zero attached hydrogens (tertiary/aromatic N) is 1. The highest BCUT2D eigenvalue weighted by Crippen LogP contribution is 2.25. The zero-order chi connectivity index (χ0) is 21.8. The molecule has 3 amide bonds. The summed E-state index contributed by atoms with van der Waals surface area (Å²) in [6.07, 6.45) is 0.293. The number of hydrogen-bond acceptors (Lipinski definition) is 2. The number of urea groups is 1. The highest BCUT2D eigenvalue weighted by atomic mass is 16.2. The maximum Gasteiger partial charge on any atom is 0.315 e. The summed E-state index contributed by atoms with van der Waals surface area (Å²) in [5, 5.41) is 6.08. The van der Waals surface area contributed by atoms with Crippen LogP contribution in [0.1, 0.15) is 34.7 Å². The van der Waals surface area contributed by atoms with Crippen LogP contribution in [0.4, 0.5) is 10.5 Å². The quantitative estimate of drug-likeness (QED) is 0.647. The van der Waals surface area contributed by atoms with Crippen LogP contribution in [0.15, 0.2) is 78.9 Å². The molecule has 0 spiro atoms. The van der Waals surface area contributed by atoms with E-state index < -0.39 is 0 Å². The summed E-state index contributed by atoms with van der Waals surface area (Å²) in [4.78, 5) is 27.2. The Kier molecular flexibility index (Phi) is 6.03. The Morgan fingerprint density at radius 2 is 1.52 bits per heavy atom. The molecule has 1 heterocycles. The minimum Gasteiger partial charge on any atom is -0.333 e. The third-order valence-corrected chi connectivity index (χ3v) is 5.80. The molecule has 1 atom stereocenters. The molecule has 1 aliphatic heterocycles. The SMILES string of the molecule is Cc1ccc(N2CC(NC(=O)NC(c3ccccc3)c3ccccc3)CC2=O)cc1C. The summed E-state index contributed by atoms with van der Waals surface area (Å²) in [5.41, 5.74) is 5.22. The molecule has 3 aromatic carbocycles. The topological polar surface area (TPSA) is 61.4 Å². The van der Waals surface area contributed by atoms with Crippen molar-refractivity contribution in [2.45, 2.75) is 32.4 Å². The molecule has 1 aliphatic rings. The fraction of sp³-hybridized carbons (Fsp3) is 0.231. The number of anilines is 1. The molecule has 0 aliphatic carbocycles. The largest absolute Gasteiger partial charge is 0.333 e. The van der Waals surface area contributed by atoms with Gasteiger partial charge in [-0.25, -0.2) is 4.79 Å². The van der Waals surface area contributed by atoms with Crippen LogP contribution < -0.4 is 15.5 Å². The van der Waals surface area contributed by atoms with Gasteiger partial charge in [0, 0.05) is 18.7 Å². The minimum atomic E-state index is -0.280. The molecule has 0 aromatic heterocycles. The van der Waals surface area contributed by atoms with E-state index in [1.165, 1.54) is 5.56 Å². The molecule has 3 aromatic rings. The number of carbonyl (C=O) groups is 2. The van der Waals surface area contributed by atoms with Gasteiger partial charge in [0.2, 0.25) is 5.91 Å². The molecule has 4 rings (SSSR count). The molecule has 5 heteroatoms. The molecule has 0 radical (unpaired) electrons. The van der Waals surface area contributed by atoms with Gasteiger partial charge in [-0.05, 0) is 48.2 Å². The van der Waals surface area contributed by atoms with E-state index in [-0.39, 0.29) is 24.0 Å². The average molecular weight is 414 g/mol. The number of aryl methyl sites for hydroxylation is 2. The van der Waals surface area contributed by atoms with Crippen molar-refractivity contribution in [1.29, 1.82) is 0 Å². The molecule has 1 fully saturated rings. The number of nitrogens with one attached hydrogen (secondary N) is 2. The summed E-state index contributed by atoms with van der Waals surface area (Å²) in [7, 11) is 0. The first-order valence-corrected chi connectivity index (χ1v) is 10.6. The van der Waals surface area contributed by atoms with E-state index in [1.54, 1.807) is 4.90 Å². The molecule has 2 N–H and O–H groups in total. The van der Waals surface area contributed by atoms with Gasteiger partial charge in [-0.1, -0.05) is 66.7 Å². The van der Waals surface area contributed by atoms with Gasteiger partial charge in [0.1, 0.15) is 0 Å². The first kappa shape index (κ1) is 20.7. The van der Waals surface area contributed by atoms with Crippen LogP contribution in [-0.2, 0) is 4.79 Å². The number of rotatable bonds is 5. The summed E-state index contributed by atoms with van der Waals surface area (Å²) in [6.45, 7) is 4.56. The van der Waals surface area contributed by atoms with Crippen molar-refractivity contribution in [3.8, 4) is 0 Å². The molecule has 0 saturated carbocycles. The van der Waals surface area contributed by atoms with E-state index >= 15 is 0 Å². The predicted octanol–water partition coefficient (Wildman–Crippen LogP) is 4.50. The summed E-state index contributed by atoms with van der Waals surface area (Å²) in [5.74, 6) is 0.0243. The lowest BCUT2D eigenvalue weighted by molar-refractivity contribution is -0.117. The highest BCUT2D eigenvalue weighted by molar-refractivity contribution is 5.97. The van der Waals surface area contributed by atoms with Gasteiger partial charge < -0.3 is 15.5 Å². The zero-order valence-corrected chi connectivity index (χ0v) is 17.8. The van der Waals surface area contributed by atoms with Crippen LogP contribution >= 0.6 is 0 Å². The Bertz CT molecular complexity index is 1030. The second kappa shape index (κ2) is 9.04. The predicted molar refractivity (Wildman–Crippen MR) is 123 cm³/mol. The first-order chi connectivity index (χ1) is 15.0. The Labute approximate surface area is 183 Å².